The molecule has 0 bridgehead atoms. The fourth-order valence-corrected chi connectivity index (χ4v) is 1.51. The van der Waals surface area contributed by atoms with E-state index in [1.807, 2.05) is 12.1 Å². The Hall–Kier alpha value is -1.55. The van der Waals surface area contributed by atoms with Crippen LogP contribution in [0, 0.1) is 5.92 Å². The van der Waals surface area contributed by atoms with Gasteiger partial charge in [-0.05, 0) is 17.7 Å². The molecule has 0 radical (unpaired) electrons. The van der Waals surface area contributed by atoms with Crippen LogP contribution in [0.5, 0.6) is 5.75 Å². The lowest BCUT2D eigenvalue weighted by molar-refractivity contribution is -0.136. The lowest BCUT2D eigenvalue weighted by Gasteiger charge is -2.25. The molecule has 1 aliphatic heterocycles. The zero-order valence-electron chi connectivity index (χ0n) is 8.89. The van der Waals surface area contributed by atoms with Crippen molar-refractivity contribution in [1.29, 1.82) is 0 Å². The Morgan fingerprint density at radius 1 is 1.50 bits per heavy atom. The van der Waals surface area contributed by atoms with Crippen molar-refractivity contribution in [2.75, 3.05) is 19.8 Å². The molecule has 4 heteroatoms. The molecule has 1 heterocycles. The molecule has 1 fully saturated rings. The highest BCUT2D eigenvalue weighted by molar-refractivity contribution is 5.70. The summed E-state index contributed by atoms with van der Waals surface area (Å²) in [7, 11) is 0. The maximum Gasteiger partial charge on any atom is 0.307 e. The van der Waals surface area contributed by atoms with Crippen LogP contribution in [-0.4, -0.2) is 30.9 Å². The van der Waals surface area contributed by atoms with E-state index in [4.69, 9.17) is 14.6 Å². The number of carbonyl (C=O) groups is 1. The van der Waals surface area contributed by atoms with Crippen molar-refractivity contribution >= 4 is 5.97 Å². The van der Waals surface area contributed by atoms with E-state index < -0.39 is 5.97 Å². The molecule has 1 saturated heterocycles. The molecule has 1 aromatic carbocycles. The van der Waals surface area contributed by atoms with Gasteiger partial charge in [0.1, 0.15) is 5.75 Å². The molecular formula is C12H14O4. The monoisotopic (exact) mass is 222 g/mol. The molecule has 1 aromatic rings. The topological polar surface area (TPSA) is 55.8 Å². The van der Waals surface area contributed by atoms with E-state index in [2.05, 4.69) is 0 Å². The Morgan fingerprint density at radius 3 is 2.94 bits per heavy atom. The van der Waals surface area contributed by atoms with Crippen molar-refractivity contribution < 1.29 is 19.4 Å². The van der Waals surface area contributed by atoms with Crippen molar-refractivity contribution in [3.8, 4) is 5.75 Å². The molecular weight excluding hydrogens is 208 g/mol. The second-order valence-corrected chi connectivity index (χ2v) is 3.93. The summed E-state index contributed by atoms with van der Waals surface area (Å²) < 4.78 is 10.6. The molecule has 0 saturated carbocycles. The van der Waals surface area contributed by atoms with Gasteiger partial charge in [-0.15, -0.1) is 0 Å². The van der Waals surface area contributed by atoms with Gasteiger partial charge in [-0.3, -0.25) is 4.79 Å². The van der Waals surface area contributed by atoms with E-state index in [1.54, 1.807) is 12.1 Å². The number of rotatable bonds is 5. The number of benzene rings is 1. The standard InChI is InChI=1S/C12H14O4/c13-12(14)5-9-2-1-3-11(4-9)16-8-10-6-15-7-10/h1-4,10H,5-8H2,(H,13,14). The van der Waals surface area contributed by atoms with Crippen LogP contribution < -0.4 is 4.74 Å². The number of carboxylic acid groups (broad SMARTS) is 1. The predicted molar refractivity (Wildman–Crippen MR) is 57.6 cm³/mol. The zero-order valence-corrected chi connectivity index (χ0v) is 8.89. The van der Waals surface area contributed by atoms with E-state index in [0.717, 1.165) is 24.5 Å². The summed E-state index contributed by atoms with van der Waals surface area (Å²) in [5.41, 5.74) is 0.759. The lowest BCUT2D eigenvalue weighted by Crippen LogP contribution is -2.32. The van der Waals surface area contributed by atoms with E-state index >= 15 is 0 Å². The third-order valence-corrected chi connectivity index (χ3v) is 2.45. The Bertz CT molecular complexity index is 371. The lowest BCUT2D eigenvalue weighted by atomic mass is 10.1. The van der Waals surface area contributed by atoms with Crippen LogP contribution in [0.25, 0.3) is 0 Å². The van der Waals surface area contributed by atoms with Crippen LogP contribution in [0.3, 0.4) is 0 Å². The first-order valence-corrected chi connectivity index (χ1v) is 5.25. The van der Waals surface area contributed by atoms with Crippen LogP contribution in [0.2, 0.25) is 0 Å². The van der Waals surface area contributed by atoms with Crippen molar-refractivity contribution in [3.63, 3.8) is 0 Å². The molecule has 2 rings (SSSR count). The van der Waals surface area contributed by atoms with Gasteiger partial charge in [0, 0.05) is 5.92 Å². The highest BCUT2D eigenvalue weighted by atomic mass is 16.5. The molecule has 0 unspecified atom stereocenters. The summed E-state index contributed by atoms with van der Waals surface area (Å²) in [5.74, 6) is 0.373. The number of carboxylic acids is 1. The second-order valence-electron chi connectivity index (χ2n) is 3.93. The summed E-state index contributed by atoms with van der Waals surface area (Å²) in [6, 6.07) is 7.21. The Balaban J connectivity index is 1.89. The summed E-state index contributed by atoms with van der Waals surface area (Å²) in [5, 5.41) is 8.67. The number of aliphatic carboxylic acids is 1. The Labute approximate surface area is 93.8 Å². The molecule has 1 N–H and O–H groups in total. The molecule has 0 atom stereocenters. The Kier molecular flexibility index (Phi) is 3.41. The molecule has 0 aliphatic carbocycles. The molecule has 1 aliphatic rings. The minimum atomic E-state index is -0.829. The maximum absolute atomic E-state index is 10.5. The molecule has 16 heavy (non-hydrogen) atoms. The predicted octanol–water partition coefficient (Wildman–Crippen LogP) is 1.34. The first kappa shape index (κ1) is 11.0. The van der Waals surface area contributed by atoms with Crippen LogP contribution in [0.4, 0.5) is 0 Å². The molecule has 0 amide bonds. The van der Waals surface area contributed by atoms with Crippen LogP contribution in [0.15, 0.2) is 24.3 Å². The van der Waals surface area contributed by atoms with E-state index in [-0.39, 0.29) is 6.42 Å². The van der Waals surface area contributed by atoms with Crippen LogP contribution in [-0.2, 0) is 16.0 Å². The summed E-state index contributed by atoms with van der Waals surface area (Å²) >= 11 is 0. The summed E-state index contributed by atoms with van der Waals surface area (Å²) in [6.45, 7) is 2.15. The third-order valence-electron chi connectivity index (χ3n) is 2.45. The number of ether oxygens (including phenoxy) is 2. The van der Waals surface area contributed by atoms with Crippen molar-refractivity contribution in [2.24, 2.45) is 5.92 Å². The quantitative estimate of drug-likeness (QED) is 0.816. The minimum Gasteiger partial charge on any atom is -0.493 e. The van der Waals surface area contributed by atoms with Crippen molar-refractivity contribution in [2.45, 2.75) is 6.42 Å². The summed E-state index contributed by atoms with van der Waals surface area (Å²) in [6.07, 6.45) is 0.0315. The molecule has 4 nitrogen and oxygen atoms in total. The first-order valence-electron chi connectivity index (χ1n) is 5.25. The van der Waals surface area contributed by atoms with Gasteiger partial charge in [-0.25, -0.2) is 0 Å². The third kappa shape index (κ3) is 2.97. The smallest absolute Gasteiger partial charge is 0.307 e. The van der Waals surface area contributed by atoms with Crippen molar-refractivity contribution in [3.05, 3.63) is 29.8 Å². The van der Waals surface area contributed by atoms with Gasteiger partial charge in [0.15, 0.2) is 0 Å². The fourth-order valence-electron chi connectivity index (χ4n) is 1.51. The highest BCUT2D eigenvalue weighted by Gasteiger charge is 2.18. The Morgan fingerprint density at radius 2 is 2.31 bits per heavy atom. The van der Waals surface area contributed by atoms with Gasteiger partial charge in [-0.1, -0.05) is 12.1 Å². The normalized spacial score (nSPS) is 15.5. The SMILES string of the molecule is O=C(O)Cc1cccc(OCC2COC2)c1. The van der Waals surface area contributed by atoms with Gasteiger partial charge in [0.2, 0.25) is 0 Å². The van der Waals surface area contributed by atoms with Crippen LogP contribution in [0.1, 0.15) is 5.56 Å². The van der Waals surface area contributed by atoms with E-state index in [0.29, 0.717) is 12.5 Å². The number of hydrogen-bond acceptors (Lipinski definition) is 3. The second kappa shape index (κ2) is 4.99. The average Bonchev–Trinajstić information content (AvgIpc) is 2.14. The minimum absolute atomic E-state index is 0.0315. The van der Waals surface area contributed by atoms with E-state index in [1.165, 1.54) is 0 Å². The van der Waals surface area contributed by atoms with E-state index in [9.17, 15) is 4.79 Å². The highest BCUT2D eigenvalue weighted by Crippen LogP contribution is 2.17. The maximum atomic E-state index is 10.5. The molecule has 86 valence electrons. The van der Waals surface area contributed by atoms with Gasteiger partial charge >= 0.3 is 5.97 Å². The van der Waals surface area contributed by atoms with Gasteiger partial charge in [0.05, 0.1) is 26.2 Å². The molecule has 0 spiro atoms. The average molecular weight is 222 g/mol. The summed E-state index contributed by atoms with van der Waals surface area (Å²) in [4.78, 5) is 10.5. The fraction of sp³-hybridized carbons (Fsp3) is 0.417. The van der Waals surface area contributed by atoms with Crippen molar-refractivity contribution in [1.82, 2.24) is 0 Å². The van der Waals surface area contributed by atoms with Gasteiger partial charge < -0.3 is 14.6 Å². The van der Waals surface area contributed by atoms with Gasteiger partial charge in [-0.2, -0.15) is 0 Å². The molecule has 0 aromatic heterocycles. The zero-order chi connectivity index (χ0) is 11.4. The largest absolute Gasteiger partial charge is 0.493 e. The first-order chi connectivity index (χ1) is 7.74. The van der Waals surface area contributed by atoms with Gasteiger partial charge in [0.25, 0.3) is 0 Å². The van der Waals surface area contributed by atoms with Crippen LogP contribution >= 0.6 is 0 Å². The number of hydrogen-bond donors (Lipinski definition) is 1.